The van der Waals surface area contributed by atoms with Crippen LogP contribution in [0.1, 0.15) is 10.4 Å². The Labute approximate surface area is 101 Å². The van der Waals surface area contributed by atoms with Gasteiger partial charge in [0.05, 0.1) is 9.82 Å². The Morgan fingerprint density at radius 1 is 1.47 bits per heavy atom. The molecule has 0 heterocycles. The average molecular weight is 279 g/mol. The van der Waals surface area contributed by atoms with E-state index in [-0.39, 0.29) is 0 Å². The van der Waals surface area contributed by atoms with Crippen LogP contribution in [0.5, 0.6) is 0 Å². The number of benzene rings is 1. The number of carbonyl (C=O) groups is 1. The first-order chi connectivity index (χ1) is 7.77. The van der Waals surface area contributed by atoms with E-state index in [1.165, 1.54) is 0 Å². The molecule has 0 atom stereocenters. The zero-order valence-corrected chi connectivity index (χ0v) is 9.64. The van der Waals surface area contributed by atoms with Crippen LogP contribution in [0.4, 0.5) is 5.69 Å². The van der Waals surface area contributed by atoms with Crippen LogP contribution in [0.2, 0.25) is 0 Å². The van der Waals surface area contributed by atoms with Gasteiger partial charge in [0.15, 0.2) is 0 Å². The lowest BCUT2D eigenvalue weighted by Crippen LogP contribution is -2.07. The highest BCUT2D eigenvalue weighted by atomic mass is 32.2. The second-order valence-electron chi connectivity index (χ2n) is 2.79. The second-order valence-corrected chi connectivity index (χ2v) is 4.39. The summed E-state index contributed by atoms with van der Waals surface area (Å²) >= 11 is 3.17. The molecule has 0 bridgehead atoms. The second kappa shape index (κ2) is 4.69. The molecule has 1 aromatic rings. The van der Waals surface area contributed by atoms with Crippen LogP contribution in [-0.2, 0) is 14.3 Å². The van der Waals surface area contributed by atoms with Gasteiger partial charge in [-0.3, -0.25) is 14.7 Å². The Morgan fingerprint density at radius 3 is 2.47 bits per heavy atom. The van der Waals surface area contributed by atoms with Crippen molar-refractivity contribution in [3.63, 3.8) is 0 Å². The van der Waals surface area contributed by atoms with Crippen molar-refractivity contribution in [1.29, 1.82) is 0 Å². The van der Waals surface area contributed by atoms with Crippen molar-refractivity contribution in [3.8, 4) is 0 Å². The highest BCUT2D eigenvalue weighted by molar-refractivity contribution is 7.85. The fraction of sp³-hybridized carbons (Fsp3) is 0. The number of hydrogen-bond acceptors (Lipinski definition) is 7. The minimum absolute atomic E-state index is 0.625. The van der Waals surface area contributed by atoms with Gasteiger partial charge in [-0.05, 0) is 12.1 Å². The van der Waals surface area contributed by atoms with Crippen molar-refractivity contribution in [2.24, 2.45) is 0 Å². The standard InChI is InChI=1S/C7H5NO7S2/c9-7(15-16)5-3-4(17(12,13)14)1-2-6(5)8(10)11/h1-3,16H,(H,12,13,14). The summed E-state index contributed by atoms with van der Waals surface area (Å²) in [6.07, 6.45) is 0. The van der Waals surface area contributed by atoms with Crippen LogP contribution in [0, 0.1) is 10.1 Å². The van der Waals surface area contributed by atoms with Crippen LogP contribution < -0.4 is 0 Å². The third-order valence-corrected chi connectivity index (χ3v) is 2.78. The van der Waals surface area contributed by atoms with Gasteiger partial charge in [0.1, 0.15) is 5.56 Å². The number of hydrogen-bond donors (Lipinski definition) is 2. The highest BCUT2D eigenvalue weighted by Crippen LogP contribution is 2.23. The first-order valence-electron chi connectivity index (χ1n) is 3.89. The largest absolute Gasteiger partial charge is 0.391 e. The molecule has 0 unspecified atom stereocenters. The lowest BCUT2D eigenvalue weighted by Gasteiger charge is -2.02. The van der Waals surface area contributed by atoms with E-state index in [1.807, 2.05) is 0 Å². The monoisotopic (exact) mass is 279 g/mol. The van der Waals surface area contributed by atoms with Crippen molar-refractivity contribution in [1.82, 2.24) is 0 Å². The van der Waals surface area contributed by atoms with E-state index in [1.54, 1.807) is 0 Å². The zero-order chi connectivity index (χ0) is 13.2. The van der Waals surface area contributed by atoms with Gasteiger partial charge in [-0.15, -0.1) is 0 Å². The van der Waals surface area contributed by atoms with Crippen LogP contribution in [0.3, 0.4) is 0 Å². The van der Waals surface area contributed by atoms with Gasteiger partial charge in [-0.2, -0.15) is 8.42 Å². The predicted octanol–water partition coefficient (Wildman–Crippen LogP) is 0.843. The first kappa shape index (κ1) is 13.4. The Kier molecular flexibility index (Phi) is 3.70. The fourth-order valence-electron chi connectivity index (χ4n) is 1.05. The maximum Gasteiger partial charge on any atom is 0.357 e. The lowest BCUT2D eigenvalue weighted by atomic mass is 10.2. The molecule has 17 heavy (non-hydrogen) atoms. The van der Waals surface area contributed by atoms with Crippen molar-refractivity contribution in [2.75, 3.05) is 0 Å². The number of thiol groups is 1. The van der Waals surface area contributed by atoms with E-state index in [0.29, 0.717) is 6.07 Å². The molecular formula is C7H5NO7S2. The molecular weight excluding hydrogens is 274 g/mol. The number of nitrogens with zero attached hydrogens (tertiary/aromatic N) is 1. The van der Waals surface area contributed by atoms with Gasteiger partial charge in [-0.1, -0.05) is 0 Å². The van der Waals surface area contributed by atoms with Crippen molar-refractivity contribution in [2.45, 2.75) is 4.90 Å². The van der Waals surface area contributed by atoms with E-state index in [2.05, 4.69) is 17.1 Å². The molecule has 0 saturated heterocycles. The number of carbonyl (C=O) groups excluding carboxylic acids is 1. The summed E-state index contributed by atoms with van der Waals surface area (Å²) < 4.78 is 34.3. The summed E-state index contributed by atoms with van der Waals surface area (Å²) in [6.45, 7) is 0. The quantitative estimate of drug-likeness (QED) is 0.276. The Balaban J connectivity index is 3.50. The summed E-state index contributed by atoms with van der Waals surface area (Å²) in [5.41, 5.74) is -1.28. The normalized spacial score (nSPS) is 10.9. The molecule has 1 N–H and O–H groups in total. The van der Waals surface area contributed by atoms with E-state index < -0.39 is 37.2 Å². The Bertz CT molecular complexity index is 580. The number of rotatable bonds is 3. The maximum absolute atomic E-state index is 11.1. The summed E-state index contributed by atoms with van der Waals surface area (Å²) in [6, 6.07) is 2.19. The zero-order valence-electron chi connectivity index (χ0n) is 7.93. The highest BCUT2D eigenvalue weighted by Gasteiger charge is 2.24. The van der Waals surface area contributed by atoms with E-state index in [4.69, 9.17) is 4.55 Å². The lowest BCUT2D eigenvalue weighted by molar-refractivity contribution is -0.385. The summed E-state index contributed by atoms with van der Waals surface area (Å²) in [4.78, 5) is 20.2. The van der Waals surface area contributed by atoms with Gasteiger partial charge in [0.25, 0.3) is 15.8 Å². The van der Waals surface area contributed by atoms with E-state index in [9.17, 15) is 23.3 Å². The molecule has 0 aliphatic heterocycles. The molecule has 1 aromatic carbocycles. The topological polar surface area (TPSA) is 124 Å². The van der Waals surface area contributed by atoms with E-state index >= 15 is 0 Å². The minimum atomic E-state index is -4.56. The summed E-state index contributed by atoms with van der Waals surface area (Å²) in [5, 5.41) is 10.6. The van der Waals surface area contributed by atoms with Crippen LogP contribution in [-0.4, -0.2) is 23.9 Å². The molecule has 92 valence electrons. The number of nitro groups is 1. The van der Waals surface area contributed by atoms with Crippen molar-refractivity contribution >= 4 is 34.7 Å². The molecule has 0 amide bonds. The molecule has 0 saturated carbocycles. The van der Waals surface area contributed by atoms with E-state index in [0.717, 1.165) is 12.1 Å². The Morgan fingerprint density at radius 2 is 2.06 bits per heavy atom. The van der Waals surface area contributed by atoms with Crippen LogP contribution in [0.15, 0.2) is 23.1 Å². The van der Waals surface area contributed by atoms with Crippen LogP contribution in [0.25, 0.3) is 0 Å². The average Bonchev–Trinajstić information content (AvgIpc) is 2.25. The fourth-order valence-corrected chi connectivity index (χ4v) is 1.65. The van der Waals surface area contributed by atoms with Gasteiger partial charge in [-0.25, -0.2) is 4.79 Å². The van der Waals surface area contributed by atoms with Crippen molar-refractivity contribution < 1.29 is 26.9 Å². The third kappa shape index (κ3) is 2.93. The van der Waals surface area contributed by atoms with Crippen molar-refractivity contribution in [3.05, 3.63) is 33.9 Å². The molecule has 0 spiro atoms. The Hall–Kier alpha value is -1.65. The molecule has 0 fully saturated rings. The summed E-state index contributed by atoms with van der Waals surface area (Å²) in [7, 11) is -4.56. The van der Waals surface area contributed by atoms with Gasteiger partial charge in [0.2, 0.25) is 0 Å². The first-order valence-corrected chi connectivity index (χ1v) is 5.69. The summed E-state index contributed by atoms with van der Waals surface area (Å²) in [5.74, 6) is -1.20. The SMILES string of the molecule is O=C(OS)c1cc(S(=O)(=O)O)ccc1[N+](=O)[O-]. The van der Waals surface area contributed by atoms with Gasteiger partial charge in [0, 0.05) is 19.0 Å². The smallest absolute Gasteiger partial charge is 0.357 e. The minimum Gasteiger partial charge on any atom is -0.391 e. The third-order valence-electron chi connectivity index (χ3n) is 1.77. The number of nitro benzene ring substituents is 1. The van der Waals surface area contributed by atoms with Gasteiger partial charge < -0.3 is 4.18 Å². The molecule has 0 aromatic heterocycles. The molecule has 10 heteroatoms. The molecule has 8 nitrogen and oxygen atoms in total. The predicted molar refractivity (Wildman–Crippen MR) is 57.3 cm³/mol. The maximum atomic E-state index is 11.1. The molecule has 0 aliphatic rings. The van der Waals surface area contributed by atoms with Gasteiger partial charge >= 0.3 is 5.97 Å². The molecule has 0 aliphatic carbocycles. The molecule has 0 radical (unpaired) electrons. The van der Waals surface area contributed by atoms with Crippen LogP contribution >= 0.6 is 12.9 Å². The molecule has 1 rings (SSSR count).